The quantitative estimate of drug-likeness (QED) is 0.790. The van der Waals surface area contributed by atoms with Gasteiger partial charge in [-0.25, -0.2) is 4.98 Å². The molecule has 0 saturated heterocycles. The summed E-state index contributed by atoms with van der Waals surface area (Å²) >= 11 is 1.14. The van der Waals surface area contributed by atoms with E-state index in [9.17, 15) is 9.59 Å². The molecule has 2 rings (SSSR count). The van der Waals surface area contributed by atoms with Crippen molar-refractivity contribution in [2.24, 2.45) is 0 Å². The minimum Gasteiger partial charge on any atom is -0.493 e. The number of carbonyl (C=O) groups is 2. The van der Waals surface area contributed by atoms with E-state index in [2.05, 4.69) is 15.6 Å². The third-order valence-corrected chi connectivity index (χ3v) is 4.15. The van der Waals surface area contributed by atoms with E-state index >= 15 is 0 Å². The monoisotopic (exact) mass is 349 g/mol. The molecule has 7 nitrogen and oxygen atoms in total. The Morgan fingerprint density at radius 2 is 1.92 bits per heavy atom. The second kappa shape index (κ2) is 8.30. The first-order valence-electron chi connectivity index (χ1n) is 7.25. The minimum absolute atomic E-state index is 0.242. The van der Waals surface area contributed by atoms with Gasteiger partial charge in [-0.05, 0) is 24.1 Å². The van der Waals surface area contributed by atoms with Gasteiger partial charge in [0.25, 0.3) is 11.8 Å². The predicted molar refractivity (Wildman–Crippen MR) is 91.1 cm³/mol. The molecule has 2 aromatic rings. The maximum Gasteiger partial charge on any atom is 0.280 e. The second-order valence-electron chi connectivity index (χ2n) is 4.81. The lowest BCUT2D eigenvalue weighted by atomic mass is 10.1. The Balaban J connectivity index is 1.90. The van der Waals surface area contributed by atoms with E-state index in [0.717, 1.165) is 16.9 Å². The molecule has 1 heterocycles. The molecule has 1 aromatic carbocycles. The van der Waals surface area contributed by atoms with E-state index in [1.165, 1.54) is 7.05 Å². The highest BCUT2D eigenvalue weighted by atomic mass is 32.1. The summed E-state index contributed by atoms with van der Waals surface area (Å²) in [6.07, 6.45) is 0.637. The van der Waals surface area contributed by atoms with Crippen LogP contribution in [0.4, 0.5) is 0 Å². The molecular formula is C16H19N3O4S. The first-order chi connectivity index (χ1) is 11.6. The molecule has 0 bridgehead atoms. The Labute approximate surface area is 144 Å². The van der Waals surface area contributed by atoms with Crippen LogP contribution in [0.3, 0.4) is 0 Å². The summed E-state index contributed by atoms with van der Waals surface area (Å²) in [6, 6.07) is 5.61. The van der Waals surface area contributed by atoms with E-state index in [0.29, 0.717) is 24.5 Å². The van der Waals surface area contributed by atoms with Crippen LogP contribution in [0, 0.1) is 0 Å². The molecule has 0 aliphatic rings. The second-order valence-corrected chi connectivity index (χ2v) is 5.67. The molecular weight excluding hydrogens is 330 g/mol. The number of thiazole rings is 1. The number of methoxy groups -OCH3 is 2. The summed E-state index contributed by atoms with van der Waals surface area (Å²) in [6.45, 7) is 0.446. The van der Waals surface area contributed by atoms with E-state index in [1.54, 1.807) is 19.6 Å². The highest BCUT2D eigenvalue weighted by Gasteiger charge is 2.14. The van der Waals surface area contributed by atoms with Crippen molar-refractivity contribution in [1.29, 1.82) is 0 Å². The topological polar surface area (TPSA) is 89.6 Å². The standard InChI is InChI=1S/C16H19N3O4S/c1-17-15(21)16-19-11(9-24-16)14(20)18-7-6-10-4-5-12(22-2)13(8-10)23-3/h4-5,8-9H,6-7H2,1-3H3,(H,17,21)(H,18,20). The van der Waals surface area contributed by atoms with Gasteiger partial charge in [0, 0.05) is 19.0 Å². The van der Waals surface area contributed by atoms with Gasteiger partial charge in [-0.3, -0.25) is 9.59 Å². The maximum atomic E-state index is 12.0. The zero-order valence-corrected chi connectivity index (χ0v) is 14.5. The largest absolute Gasteiger partial charge is 0.493 e. The summed E-state index contributed by atoms with van der Waals surface area (Å²) in [5, 5.41) is 7.09. The SMILES string of the molecule is CNC(=O)c1nc(C(=O)NCCc2ccc(OC)c(OC)c2)cs1. The minimum atomic E-state index is -0.304. The summed E-state index contributed by atoms with van der Waals surface area (Å²) in [4.78, 5) is 27.5. The molecule has 0 radical (unpaired) electrons. The van der Waals surface area contributed by atoms with Gasteiger partial charge in [-0.1, -0.05) is 6.07 Å². The van der Waals surface area contributed by atoms with Crippen LogP contribution >= 0.6 is 11.3 Å². The molecule has 8 heteroatoms. The Bertz CT molecular complexity index is 730. The van der Waals surface area contributed by atoms with E-state index in [4.69, 9.17) is 9.47 Å². The van der Waals surface area contributed by atoms with Crippen LogP contribution in [0.5, 0.6) is 11.5 Å². The third kappa shape index (κ3) is 4.23. The average molecular weight is 349 g/mol. The van der Waals surface area contributed by atoms with Crippen molar-refractivity contribution in [2.75, 3.05) is 27.8 Å². The molecule has 1 aromatic heterocycles. The molecule has 128 valence electrons. The first kappa shape index (κ1) is 17.7. The van der Waals surface area contributed by atoms with Crippen LogP contribution < -0.4 is 20.1 Å². The molecule has 0 unspecified atom stereocenters. The summed E-state index contributed by atoms with van der Waals surface area (Å²) in [5.41, 5.74) is 1.25. The molecule has 0 fully saturated rings. The lowest BCUT2D eigenvalue weighted by Crippen LogP contribution is -2.26. The van der Waals surface area contributed by atoms with Crippen molar-refractivity contribution in [3.8, 4) is 11.5 Å². The molecule has 2 N–H and O–H groups in total. The van der Waals surface area contributed by atoms with Crippen molar-refractivity contribution in [3.05, 3.63) is 39.8 Å². The van der Waals surface area contributed by atoms with Crippen LogP contribution in [0.1, 0.15) is 25.9 Å². The summed E-state index contributed by atoms with van der Waals surface area (Å²) < 4.78 is 10.4. The predicted octanol–water partition coefficient (Wildman–Crippen LogP) is 1.49. The van der Waals surface area contributed by atoms with Crippen LogP contribution in [0.15, 0.2) is 23.6 Å². The van der Waals surface area contributed by atoms with Gasteiger partial charge in [0.05, 0.1) is 14.2 Å². The van der Waals surface area contributed by atoms with Gasteiger partial charge in [0.2, 0.25) is 0 Å². The van der Waals surface area contributed by atoms with Crippen LogP contribution in [0.25, 0.3) is 0 Å². The zero-order valence-electron chi connectivity index (χ0n) is 13.7. The van der Waals surface area contributed by atoms with E-state index in [1.807, 2.05) is 18.2 Å². The molecule has 0 spiro atoms. The van der Waals surface area contributed by atoms with Crippen LogP contribution in [-0.2, 0) is 6.42 Å². The molecule has 24 heavy (non-hydrogen) atoms. The fourth-order valence-corrected chi connectivity index (χ4v) is 2.78. The molecule has 0 atom stereocenters. The average Bonchev–Trinajstić information content (AvgIpc) is 3.11. The van der Waals surface area contributed by atoms with Gasteiger partial charge >= 0.3 is 0 Å². The third-order valence-electron chi connectivity index (χ3n) is 3.31. The van der Waals surface area contributed by atoms with Crippen LogP contribution in [-0.4, -0.2) is 44.6 Å². The maximum absolute atomic E-state index is 12.0. The van der Waals surface area contributed by atoms with Crippen molar-refractivity contribution in [3.63, 3.8) is 0 Å². The Morgan fingerprint density at radius 3 is 2.58 bits per heavy atom. The van der Waals surface area contributed by atoms with Gasteiger partial charge < -0.3 is 20.1 Å². The number of nitrogens with zero attached hydrogens (tertiary/aromatic N) is 1. The lowest BCUT2D eigenvalue weighted by Gasteiger charge is -2.09. The Hall–Kier alpha value is -2.61. The van der Waals surface area contributed by atoms with Gasteiger partial charge in [0.1, 0.15) is 5.69 Å². The molecule has 0 aliphatic carbocycles. The van der Waals surface area contributed by atoms with Gasteiger partial charge in [-0.15, -0.1) is 11.3 Å². The fourth-order valence-electron chi connectivity index (χ4n) is 2.04. The number of ether oxygens (including phenoxy) is 2. The highest BCUT2D eigenvalue weighted by molar-refractivity contribution is 7.11. The number of carbonyl (C=O) groups excluding carboxylic acids is 2. The molecule has 0 saturated carbocycles. The number of nitrogens with one attached hydrogen (secondary N) is 2. The number of benzene rings is 1. The molecule has 0 aliphatic heterocycles. The lowest BCUT2D eigenvalue weighted by molar-refractivity contribution is 0.0949. The Kier molecular flexibility index (Phi) is 6.14. The van der Waals surface area contributed by atoms with Crippen molar-refractivity contribution in [1.82, 2.24) is 15.6 Å². The Morgan fingerprint density at radius 1 is 1.17 bits per heavy atom. The number of amides is 2. The van der Waals surface area contributed by atoms with Crippen LogP contribution in [0.2, 0.25) is 0 Å². The fraction of sp³-hybridized carbons (Fsp3) is 0.312. The first-order valence-corrected chi connectivity index (χ1v) is 8.13. The number of hydrogen-bond donors (Lipinski definition) is 2. The van der Waals surface area contributed by atoms with Crippen molar-refractivity contribution < 1.29 is 19.1 Å². The van der Waals surface area contributed by atoms with Crippen molar-refractivity contribution >= 4 is 23.2 Å². The summed E-state index contributed by atoms with van der Waals surface area (Å²) in [7, 11) is 4.68. The van der Waals surface area contributed by atoms with E-state index in [-0.39, 0.29) is 22.5 Å². The normalized spacial score (nSPS) is 10.1. The number of rotatable bonds is 7. The zero-order chi connectivity index (χ0) is 17.5. The molecule has 2 amide bonds. The van der Waals surface area contributed by atoms with Gasteiger partial charge in [-0.2, -0.15) is 0 Å². The smallest absolute Gasteiger partial charge is 0.280 e. The summed E-state index contributed by atoms with van der Waals surface area (Å²) in [5.74, 6) is 0.705. The van der Waals surface area contributed by atoms with E-state index < -0.39 is 0 Å². The van der Waals surface area contributed by atoms with Crippen molar-refractivity contribution in [2.45, 2.75) is 6.42 Å². The van der Waals surface area contributed by atoms with Gasteiger partial charge in [0.15, 0.2) is 16.5 Å². The highest BCUT2D eigenvalue weighted by Crippen LogP contribution is 2.27. The number of hydrogen-bond acceptors (Lipinski definition) is 6. The number of aromatic nitrogens is 1.